The van der Waals surface area contributed by atoms with Crippen LogP contribution in [0.1, 0.15) is 127 Å². The highest BCUT2D eigenvalue weighted by Gasteiger charge is 2.28. The molecule has 0 spiro atoms. The number of aromatic nitrogens is 4. The Hall–Kier alpha value is -4.94. The summed E-state index contributed by atoms with van der Waals surface area (Å²) in [7, 11) is 0. The van der Waals surface area contributed by atoms with Crippen molar-refractivity contribution in [3.8, 4) is 22.5 Å². The molecule has 0 aliphatic carbocycles. The number of hydrogen-bond donors (Lipinski definition) is 6. The molecular weight excluding hydrogens is 669 g/mol. The van der Waals surface area contributed by atoms with E-state index in [0.717, 1.165) is 73.9 Å². The first kappa shape index (κ1) is 40.8. The molecule has 0 radical (unpaired) electrons. The molecule has 4 aromatic rings. The molecule has 53 heavy (non-hydrogen) atoms. The highest BCUT2D eigenvalue weighted by Crippen LogP contribution is 2.25. The van der Waals surface area contributed by atoms with Gasteiger partial charge < -0.3 is 32.1 Å². The molecule has 0 fully saturated rings. The van der Waals surface area contributed by atoms with E-state index < -0.39 is 23.9 Å². The Morgan fingerprint density at radius 1 is 0.566 bits per heavy atom. The first-order valence-corrected chi connectivity index (χ1v) is 18.9. The van der Waals surface area contributed by atoms with E-state index in [-0.39, 0.29) is 34.5 Å². The Kier molecular flexibility index (Phi) is 15.7. The number of hydrogen-bond acceptors (Lipinski definition) is 8. The van der Waals surface area contributed by atoms with Crippen molar-refractivity contribution in [2.24, 2.45) is 23.3 Å². The molecule has 0 aliphatic rings. The molecule has 2 aromatic heterocycles. The highest BCUT2D eigenvalue weighted by molar-refractivity contribution is 6.11. The van der Waals surface area contributed by atoms with Gasteiger partial charge in [0.25, 0.3) is 0 Å². The largest absolute Gasteiger partial charge is 0.366 e. The quantitative estimate of drug-likeness (QED) is 0.0349. The zero-order valence-corrected chi connectivity index (χ0v) is 31.5. The Bertz CT molecular complexity index is 1650. The summed E-state index contributed by atoms with van der Waals surface area (Å²) in [4.78, 5) is 65.9. The third kappa shape index (κ3) is 11.5. The van der Waals surface area contributed by atoms with E-state index in [9.17, 15) is 19.2 Å². The van der Waals surface area contributed by atoms with Gasteiger partial charge in [-0.05, 0) is 62.0 Å². The van der Waals surface area contributed by atoms with Gasteiger partial charge in [0.1, 0.15) is 0 Å². The fraction of sp³-hybridized carbons (Fsp3) is 0.463. The van der Waals surface area contributed by atoms with Crippen LogP contribution in [0.5, 0.6) is 0 Å². The summed E-state index contributed by atoms with van der Waals surface area (Å²) < 4.78 is 0. The maximum Gasteiger partial charge on any atom is 0.249 e. The maximum absolute atomic E-state index is 13.7. The van der Waals surface area contributed by atoms with E-state index in [1.54, 1.807) is 61.4 Å². The third-order valence-corrected chi connectivity index (χ3v) is 9.70. The molecule has 2 heterocycles. The van der Waals surface area contributed by atoms with Crippen molar-refractivity contribution in [3.63, 3.8) is 0 Å². The highest BCUT2D eigenvalue weighted by atomic mass is 16.2. The van der Waals surface area contributed by atoms with Crippen LogP contribution in [-0.4, -0.2) is 68.5 Å². The molecule has 2 amide bonds. The van der Waals surface area contributed by atoms with Crippen LogP contribution in [0.15, 0.2) is 61.4 Å². The van der Waals surface area contributed by atoms with Crippen LogP contribution in [0.4, 0.5) is 0 Å². The lowest BCUT2D eigenvalue weighted by atomic mass is 9.90. The number of benzene rings is 2. The standard InChI is InChI=1S/C41H56N8O4/c1-26(2)36(38(50)32-20-28(34-22-44-24-48-34)14-16-30(32)40(42)52)46-18-12-10-8-6-5-7-9-11-13-19-47-37(27(3)4)39(51)33-21-29(35-23-45-25-49-35)15-17-31(33)41(43)53/h14-17,20-27,36-37,46-47H,5-13,18-19H2,1-4H3,(H2,42,52)(H2,43,53)(H,44,48)(H,45,49). The van der Waals surface area contributed by atoms with Gasteiger partial charge in [-0.2, -0.15) is 0 Å². The number of Topliss-reactive ketones (excluding diaryl/α,β-unsaturated/α-hetero) is 2. The van der Waals surface area contributed by atoms with Crippen LogP contribution in [0.2, 0.25) is 0 Å². The van der Waals surface area contributed by atoms with Crippen LogP contribution < -0.4 is 22.1 Å². The number of amides is 2. The van der Waals surface area contributed by atoms with Gasteiger partial charge in [0, 0.05) is 33.4 Å². The minimum atomic E-state index is -0.624. The zero-order valence-electron chi connectivity index (χ0n) is 31.5. The molecule has 12 nitrogen and oxygen atoms in total. The van der Waals surface area contributed by atoms with Crippen LogP contribution in [0.25, 0.3) is 22.5 Å². The molecule has 0 saturated carbocycles. The molecule has 4 rings (SSSR count). The molecule has 8 N–H and O–H groups in total. The van der Waals surface area contributed by atoms with E-state index in [1.165, 1.54) is 6.42 Å². The molecular formula is C41H56N8O4. The van der Waals surface area contributed by atoms with E-state index in [1.807, 2.05) is 27.7 Å². The number of primary amides is 2. The number of rotatable bonds is 24. The summed E-state index contributed by atoms with van der Waals surface area (Å²) in [6, 6.07) is 9.34. The van der Waals surface area contributed by atoms with E-state index in [0.29, 0.717) is 24.2 Å². The Morgan fingerprint density at radius 3 is 1.23 bits per heavy atom. The van der Waals surface area contributed by atoms with E-state index >= 15 is 0 Å². The minimum Gasteiger partial charge on any atom is -0.366 e. The van der Waals surface area contributed by atoms with Crippen molar-refractivity contribution >= 4 is 23.4 Å². The average molecular weight is 725 g/mol. The molecule has 0 saturated heterocycles. The topological polar surface area (TPSA) is 202 Å². The van der Waals surface area contributed by atoms with Crippen LogP contribution in [0, 0.1) is 11.8 Å². The summed E-state index contributed by atoms with van der Waals surface area (Å²) in [5.74, 6) is -1.45. The number of nitrogens with one attached hydrogen (secondary N) is 4. The van der Waals surface area contributed by atoms with E-state index in [2.05, 4.69) is 30.6 Å². The average Bonchev–Trinajstić information content (AvgIpc) is 3.88. The van der Waals surface area contributed by atoms with Crippen molar-refractivity contribution in [2.45, 2.75) is 97.6 Å². The summed E-state index contributed by atoms with van der Waals surface area (Å²) >= 11 is 0. The normalized spacial score (nSPS) is 12.6. The van der Waals surface area contributed by atoms with Gasteiger partial charge in [-0.15, -0.1) is 0 Å². The number of ketones is 2. The van der Waals surface area contributed by atoms with Crippen LogP contribution >= 0.6 is 0 Å². The minimum absolute atomic E-state index is 0.0331. The van der Waals surface area contributed by atoms with Gasteiger partial charge in [-0.1, -0.05) is 84.8 Å². The molecule has 2 atom stereocenters. The molecule has 0 bridgehead atoms. The lowest BCUT2D eigenvalue weighted by Gasteiger charge is -2.22. The number of unbranched alkanes of at least 4 members (excludes halogenated alkanes) is 8. The number of aromatic amines is 2. The SMILES string of the molecule is CC(C)C(NCCCCCCCCCCCNC(C(=O)c1cc(-c2cnc[nH]2)ccc1C(N)=O)C(C)C)C(=O)c1cc(-c2cnc[nH]2)ccc1C(N)=O. The molecule has 2 aromatic carbocycles. The van der Waals surface area contributed by atoms with Gasteiger partial charge in [0.05, 0.1) is 48.5 Å². The first-order chi connectivity index (χ1) is 25.5. The van der Waals surface area contributed by atoms with E-state index in [4.69, 9.17) is 11.5 Å². The number of carbonyl (C=O) groups excluding carboxylic acids is 4. The summed E-state index contributed by atoms with van der Waals surface area (Å²) in [5.41, 5.74) is 15.4. The number of H-pyrrole nitrogens is 2. The van der Waals surface area contributed by atoms with Crippen molar-refractivity contribution in [1.29, 1.82) is 0 Å². The zero-order chi connectivity index (χ0) is 38.3. The van der Waals surface area contributed by atoms with Crippen LogP contribution in [-0.2, 0) is 0 Å². The Morgan fingerprint density at radius 2 is 0.925 bits per heavy atom. The second-order valence-electron chi connectivity index (χ2n) is 14.4. The van der Waals surface area contributed by atoms with Crippen LogP contribution in [0.3, 0.4) is 0 Å². The fourth-order valence-corrected chi connectivity index (χ4v) is 6.69. The van der Waals surface area contributed by atoms with Crippen molar-refractivity contribution < 1.29 is 19.2 Å². The van der Waals surface area contributed by atoms with Gasteiger partial charge in [0.15, 0.2) is 11.6 Å². The van der Waals surface area contributed by atoms with Gasteiger partial charge in [0.2, 0.25) is 11.8 Å². The Labute approximate surface area is 312 Å². The fourth-order valence-electron chi connectivity index (χ4n) is 6.69. The monoisotopic (exact) mass is 724 g/mol. The molecule has 284 valence electrons. The molecule has 0 aliphatic heterocycles. The van der Waals surface area contributed by atoms with Crippen molar-refractivity contribution in [3.05, 3.63) is 83.7 Å². The van der Waals surface area contributed by atoms with Gasteiger partial charge in [-0.25, -0.2) is 9.97 Å². The Balaban J connectivity index is 1.13. The van der Waals surface area contributed by atoms with Crippen molar-refractivity contribution in [2.75, 3.05) is 13.1 Å². The predicted molar refractivity (Wildman–Crippen MR) is 209 cm³/mol. The summed E-state index contributed by atoms with van der Waals surface area (Å²) in [6.07, 6.45) is 16.3. The predicted octanol–water partition coefficient (Wildman–Crippen LogP) is 6.47. The molecule has 2 unspecified atom stereocenters. The van der Waals surface area contributed by atoms with Gasteiger partial charge in [-0.3, -0.25) is 19.2 Å². The lowest BCUT2D eigenvalue weighted by Crippen LogP contribution is -2.42. The second kappa shape index (κ2) is 20.3. The lowest BCUT2D eigenvalue weighted by molar-refractivity contribution is 0.0902. The second-order valence-corrected chi connectivity index (χ2v) is 14.4. The number of imidazole rings is 2. The summed E-state index contributed by atoms with van der Waals surface area (Å²) in [5, 5.41) is 6.88. The first-order valence-electron chi connectivity index (χ1n) is 18.9. The van der Waals surface area contributed by atoms with Gasteiger partial charge >= 0.3 is 0 Å². The molecule has 12 heteroatoms. The number of nitrogens with two attached hydrogens (primary N) is 2. The third-order valence-electron chi connectivity index (χ3n) is 9.70. The van der Waals surface area contributed by atoms with Crippen molar-refractivity contribution in [1.82, 2.24) is 30.6 Å². The number of nitrogens with zero attached hydrogens (tertiary/aromatic N) is 2. The number of carbonyl (C=O) groups is 4. The summed E-state index contributed by atoms with van der Waals surface area (Å²) in [6.45, 7) is 9.43. The maximum atomic E-state index is 13.7. The smallest absolute Gasteiger partial charge is 0.249 e.